The molecule has 9 atom stereocenters. The van der Waals surface area contributed by atoms with Crippen LogP contribution in [0.15, 0.2) is 72.1 Å². The minimum atomic E-state index is -1.51. The van der Waals surface area contributed by atoms with Crippen LogP contribution in [0.5, 0.6) is 5.75 Å². The third-order valence-corrected chi connectivity index (χ3v) is 12.7. The Bertz CT molecular complexity index is 2650. The van der Waals surface area contributed by atoms with Gasteiger partial charge >= 0.3 is 11.9 Å². The fourth-order valence-corrected chi connectivity index (χ4v) is 8.31. The molecule has 83 heavy (non-hydrogen) atoms. The Morgan fingerprint density at radius 3 is 1.78 bits per heavy atom. The summed E-state index contributed by atoms with van der Waals surface area (Å²) >= 11 is 0. The van der Waals surface area contributed by atoms with Gasteiger partial charge in [0, 0.05) is 58.1 Å². The lowest BCUT2D eigenvalue weighted by Crippen LogP contribution is -2.62. The van der Waals surface area contributed by atoms with Gasteiger partial charge < -0.3 is 84.5 Å². The number of aromatic amines is 1. The van der Waals surface area contributed by atoms with Gasteiger partial charge in [-0.25, -0.2) is 9.78 Å². The molecule has 0 radical (unpaired) electrons. The number of H-pyrrole nitrogens is 1. The third kappa shape index (κ3) is 25.9. The second kappa shape index (κ2) is 35.6. The zero-order valence-electron chi connectivity index (χ0n) is 47.2. The third-order valence-electron chi connectivity index (χ3n) is 12.7. The van der Waals surface area contributed by atoms with Gasteiger partial charge in [-0.2, -0.15) is 0 Å². The van der Waals surface area contributed by atoms with E-state index in [0.717, 1.165) is 13.8 Å². The number of hydrogen-bond acceptors (Lipinski definition) is 15. The van der Waals surface area contributed by atoms with E-state index in [9.17, 15) is 58.5 Å². The number of guanidine groups is 1. The highest BCUT2D eigenvalue weighted by Gasteiger charge is 2.41. The fraction of sp³-hybridized carbons (Fsp3) is 0.500. The molecule has 0 spiro atoms. The average Bonchev–Trinajstić information content (AvgIpc) is 4.27. The number of likely N-dealkylation sites (tertiary alicyclic amines) is 1. The summed E-state index contributed by atoms with van der Waals surface area (Å²) in [5, 5.41) is 59.9. The predicted molar refractivity (Wildman–Crippen MR) is 299 cm³/mol. The highest BCUT2D eigenvalue weighted by molar-refractivity contribution is 5.98. The number of amides is 7. The predicted octanol–water partition coefficient (Wildman–Crippen LogP) is -1.13. The molecule has 0 bridgehead atoms. The molecule has 18 N–H and O–H groups in total. The summed E-state index contributed by atoms with van der Waals surface area (Å²) in [6.45, 7) is 9.07. The van der Waals surface area contributed by atoms with Crippen molar-refractivity contribution in [2.75, 3.05) is 13.1 Å². The number of carboxylic acids is 4. The molecule has 0 aliphatic carbocycles. The molecule has 1 aliphatic heterocycles. The van der Waals surface area contributed by atoms with Gasteiger partial charge in [0.1, 0.15) is 48.0 Å². The first-order valence-corrected chi connectivity index (χ1v) is 26.6. The molecule has 2 heterocycles. The van der Waals surface area contributed by atoms with Crippen LogP contribution in [0.2, 0.25) is 0 Å². The first-order valence-electron chi connectivity index (χ1n) is 26.6. The van der Waals surface area contributed by atoms with E-state index in [1.54, 1.807) is 58.0 Å². The highest BCUT2D eigenvalue weighted by Crippen LogP contribution is 2.21. The van der Waals surface area contributed by atoms with E-state index in [0.29, 0.717) is 29.7 Å². The van der Waals surface area contributed by atoms with Gasteiger partial charge in [-0.15, -0.1) is 0 Å². The van der Waals surface area contributed by atoms with Crippen molar-refractivity contribution in [1.82, 2.24) is 46.8 Å². The maximum Gasteiger partial charge on any atom is 0.326 e. The van der Waals surface area contributed by atoms with Gasteiger partial charge in [-0.3, -0.25) is 52.9 Å². The van der Waals surface area contributed by atoms with Crippen molar-refractivity contribution in [3.63, 3.8) is 0 Å². The second-order valence-electron chi connectivity index (χ2n) is 19.9. The van der Waals surface area contributed by atoms with Crippen LogP contribution in [-0.4, -0.2) is 173 Å². The largest absolute Gasteiger partial charge is 0.508 e. The minimum Gasteiger partial charge on any atom is -0.508 e. The molecule has 1 aliphatic rings. The number of carboxylic acid groups (broad SMARTS) is 4. The van der Waals surface area contributed by atoms with Gasteiger partial charge in [-0.05, 0) is 60.8 Å². The molecule has 1 fully saturated rings. The second-order valence-corrected chi connectivity index (χ2v) is 19.9. The van der Waals surface area contributed by atoms with Crippen molar-refractivity contribution in [1.29, 1.82) is 0 Å². The van der Waals surface area contributed by atoms with E-state index < -0.39 is 132 Å². The lowest BCUT2D eigenvalue weighted by Gasteiger charge is -2.32. The number of benzene rings is 2. The van der Waals surface area contributed by atoms with Gasteiger partial charge in [-0.1, -0.05) is 76.6 Å². The summed E-state index contributed by atoms with van der Waals surface area (Å²) in [5.74, 6) is -11.3. The summed E-state index contributed by atoms with van der Waals surface area (Å²) in [6.07, 6.45) is 2.92. The smallest absolute Gasteiger partial charge is 0.326 e. The Hall–Kier alpha value is -9.15. The van der Waals surface area contributed by atoms with E-state index in [4.69, 9.17) is 37.0 Å². The Balaban J connectivity index is 0.00000275. The first-order chi connectivity index (χ1) is 39.0. The lowest BCUT2D eigenvalue weighted by atomic mass is 9.96. The summed E-state index contributed by atoms with van der Waals surface area (Å²) in [6, 6.07) is 3.95. The van der Waals surface area contributed by atoms with Gasteiger partial charge in [0.25, 0.3) is 11.9 Å². The number of aromatic hydroxyl groups is 1. The number of phenols is 1. The van der Waals surface area contributed by atoms with Crippen molar-refractivity contribution in [3.8, 4) is 5.75 Å². The molecular weight excluding hydrogens is 1090 g/mol. The topological polar surface area (TPSA) is 483 Å². The number of imidazole rings is 1. The number of aromatic nitrogens is 2. The maximum atomic E-state index is 14.6. The Morgan fingerprint density at radius 2 is 1.24 bits per heavy atom. The zero-order valence-corrected chi connectivity index (χ0v) is 47.2. The highest BCUT2D eigenvalue weighted by atomic mass is 16.4. The Kier molecular flexibility index (Phi) is 30.0. The molecule has 1 aromatic heterocycles. The molecular formula is C54H79N13O16. The van der Waals surface area contributed by atoms with E-state index in [-0.39, 0.29) is 63.3 Å². The van der Waals surface area contributed by atoms with Crippen molar-refractivity contribution >= 4 is 71.2 Å². The number of aliphatic imine (C=N–C) groups is 1. The van der Waals surface area contributed by atoms with E-state index in [1.807, 2.05) is 0 Å². The van der Waals surface area contributed by atoms with E-state index in [1.165, 1.54) is 41.7 Å². The van der Waals surface area contributed by atoms with Gasteiger partial charge in [0.2, 0.25) is 41.4 Å². The number of rotatable bonds is 29. The molecule has 7 amide bonds. The van der Waals surface area contributed by atoms with Crippen LogP contribution in [-0.2, 0) is 72.0 Å². The number of aliphatic carboxylic acids is 4. The van der Waals surface area contributed by atoms with Gasteiger partial charge in [0.15, 0.2) is 5.96 Å². The normalized spacial score (nSPS) is 15.4. The quantitative estimate of drug-likeness (QED) is 0.0222. The molecule has 3 aromatic rings. The molecule has 1 saturated heterocycles. The molecule has 29 heteroatoms. The standard InChI is InChI=1S/C50H71N13O12.2C2H4O2/c1-5-28(4)41(47(72)59-36(23-31-25-54-26-56-31)48(73)63-20-10-14-38(63)45(70)60-37(49(74)75)22-29-11-7-6-8-12-29)62-44(69)35(21-30-15-17-32(64)18-16-30)58-46(71)40(27(2)3)61-43(68)34(13-9-19-55-50(52)53)57-42(67)33(51)24-39(65)66;2*1-2(3)4/h6-8,11-12,15-18,25-28,33-38,40-41,64H,5,9-10,13-14,19-24,51H2,1-4H3,(H,54,56)(H,57,67)(H,58,71)(H,59,72)(H,60,70)(H,61,68)(H,62,69)(H,65,66)(H,74,75)(H4,52,53,55);2*1H3,(H,3,4)/t28-,33-,34-,35-,36-,37-,38-,40-,41-;;/m0../s1. The van der Waals surface area contributed by atoms with Crippen molar-refractivity contribution in [2.24, 2.45) is 34.0 Å². The van der Waals surface area contributed by atoms with Gasteiger partial charge in [0.05, 0.1) is 18.8 Å². The number of hydrogen-bond donors (Lipinski definition) is 15. The minimum absolute atomic E-state index is 0.00211. The monoisotopic (exact) mass is 1170 g/mol. The summed E-state index contributed by atoms with van der Waals surface area (Å²) in [5.41, 5.74) is 18.2. The number of nitrogens with one attached hydrogen (secondary N) is 7. The van der Waals surface area contributed by atoms with Crippen LogP contribution in [0.25, 0.3) is 0 Å². The molecule has 29 nitrogen and oxygen atoms in total. The lowest BCUT2D eigenvalue weighted by molar-refractivity contribution is -0.145. The number of carbonyl (C=O) groups is 11. The number of phenolic OH excluding ortho intramolecular Hbond substituents is 1. The maximum absolute atomic E-state index is 14.6. The molecule has 0 saturated carbocycles. The first kappa shape index (κ1) is 70.0. The fourth-order valence-electron chi connectivity index (χ4n) is 8.31. The van der Waals surface area contributed by atoms with Crippen molar-refractivity contribution in [3.05, 3.63) is 83.9 Å². The average molecular weight is 1170 g/mol. The SMILES string of the molecule is CC(=O)O.CC(=O)O.CC[C@H](C)[C@H](NC(=O)[C@H](Cc1ccc(O)cc1)NC(=O)[C@@H](NC(=O)[C@H](CCCN=C(N)N)NC(=O)[C@@H](N)CC(=O)O)C(C)C)C(=O)N[C@@H](Cc1cnc[nH]1)C(=O)N1CCC[C@H]1C(=O)N[C@@H](Cc1ccccc1)C(=O)O. The Morgan fingerprint density at radius 1 is 0.699 bits per heavy atom. The van der Waals surface area contributed by atoms with Crippen molar-refractivity contribution in [2.45, 2.75) is 148 Å². The number of nitrogens with zero attached hydrogens (tertiary/aromatic N) is 3. The van der Waals surface area contributed by atoms with E-state index in [2.05, 4.69) is 46.9 Å². The van der Waals surface area contributed by atoms with Crippen LogP contribution >= 0.6 is 0 Å². The zero-order chi connectivity index (χ0) is 62.5. The van der Waals surface area contributed by atoms with Crippen LogP contribution < -0.4 is 49.1 Å². The number of nitrogens with two attached hydrogens (primary N) is 3. The molecule has 0 unspecified atom stereocenters. The summed E-state index contributed by atoms with van der Waals surface area (Å²) in [4.78, 5) is 152. The molecule has 2 aromatic carbocycles. The van der Waals surface area contributed by atoms with Crippen LogP contribution in [0.3, 0.4) is 0 Å². The summed E-state index contributed by atoms with van der Waals surface area (Å²) in [7, 11) is 0. The van der Waals surface area contributed by atoms with E-state index >= 15 is 0 Å². The molecule has 4 rings (SSSR count). The number of carbonyl (C=O) groups excluding carboxylic acids is 7. The summed E-state index contributed by atoms with van der Waals surface area (Å²) < 4.78 is 0. The molecule has 456 valence electrons. The Labute approximate surface area is 479 Å². The van der Waals surface area contributed by atoms with Crippen LogP contribution in [0.4, 0.5) is 0 Å². The van der Waals surface area contributed by atoms with Crippen LogP contribution in [0.1, 0.15) is 96.9 Å². The van der Waals surface area contributed by atoms with Crippen LogP contribution in [0, 0.1) is 11.8 Å². The van der Waals surface area contributed by atoms with Crippen molar-refractivity contribution < 1.29 is 78.3 Å².